The number of hydrogen-bond acceptors (Lipinski definition) is 3. The number of ether oxygens (including phenoxy) is 1. The van der Waals surface area contributed by atoms with Crippen molar-refractivity contribution in [3.63, 3.8) is 0 Å². The maximum atomic E-state index is 9.38. The van der Waals surface area contributed by atoms with Gasteiger partial charge in [-0.2, -0.15) is 0 Å². The highest BCUT2D eigenvalue weighted by atomic mass is 79.9. The van der Waals surface area contributed by atoms with Gasteiger partial charge in [0.15, 0.2) is 0 Å². The summed E-state index contributed by atoms with van der Waals surface area (Å²) in [4.78, 5) is 4.34. The van der Waals surface area contributed by atoms with E-state index in [1.54, 1.807) is 25.5 Å². The molecule has 0 atom stereocenters. The normalized spacial score (nSPS) is 10.8. The number of hydrogen-bond donors (Lipinski definition) is 1. The molecule has 0 aliphatic rings. The van der Waals surface area contributed by atoms with E-state index < -0.39 is 0 Å². The molecule has 0 aromatic heterocycles. The summed E-state index contributed by atoms with van der Waals surface area (Å²) in [6, 6.07) is 12.7. The predicted molar refractivity (Wildman–Crippen MR) is 76.1 cm³/mol. The van der Waals surface area contributed by atoms with E-state index in [0.29, 0.717) is 4.47 Å². The highest BCUT2D eigenvalue weighted by molar-refractivity contribution is 9.10. The van der Waals surface area contributed by atoms with Crippen molar-refractivity contribution in [2.24, 2.45) is 4.99 Å². The van der Waals surface area contributed by atoms with Gasteiger partial charge in [0, 0.05) is 6.21 Å². The molecule has 1 N–H and O–H groups in total. The number of nitrogens with zero attached hydrogens (tertiary/aromatic N) is 1. The summed E-state index contributed by atoms with van der Waals surface area (Å²) < 4.78 is 5.73. The largest absolute Gasteiger partial charge is 0.507 e. The van der Waals surface area contributed by atoms with E-state index in [9.17, 15) is 5.11 Å². The minimum Gasteiger partial charge on any atom is -0.507 e. The zero-order valence-electron chi connectivity index (χ0n) is 9.80. The van der Waals surface area contributed by atoms with Crippen LogP contribution in [-0.4, -0.2) is 18.4 Å². The van der Waals surface area contributed by atoms with Crippen LogP contribution < -0.4 is 4.74 Å². The first-order valence-electron chi connectivity index (χ1n) is 5.35. The van der Waals surface area contributed by atoms with E-state index in [1.807, 2.05) is 30.3 Å². The Balaban J connectivity index is 2.16. The van der Waals surface area contributed by atoms with Gasteiger partial charge in [0.05, 0.1) is 17.3 Å². The van der Waals surface area contributed by atoms with Crippen molar-refractivity contribution >= 4 is 27.8 Å². The average Bonchev–Trinajstić information content (AvgIpc) is 2.41. The molecule has 3 nitrogen and oxygen atoms in total. The molecule has 2 rings (SSSR count). The quantitative estimate of drug-likeness (QED) is 0.873. The summed E-state index contributed by atoms with van der Waals surface area (Å²) in [5, 5.41) is 9.38. The minimum atomic E-state index is 0.219. The van der Waals surface area contributed by atoms with Crippen LogP contribution in [0.15, 0.2) is 51.9 Å². The van der Waals surface area contributed by atoms with Crippen molar-refractivity contribution in [3.8, 4) is 11.5 Å². The molecule has 92 valence electrons. The zero-order chi connectivity index (χ0) is 13.0. The molecule has 0 spiro atoms. The van der Waals surface area contributed by atoms with Gasteiger partial charge in [0.25, 0.3) is 0 Å². The van der Waals surface area contributed by atoms with Gasteiger partial charge >= 0.3 is 0 Å². The minimum absolute atomic E-state index is 0.219. The molecule has 0 saturated heterocycles. The molecular weight excluding hydrogens is 294 g/mol. The van der Waals surface area contributed by atoms with Gasteiger partial charge in [-0.1, -0.05) is 0 Å². The highest BCUT2D eigenvalue weighted by Gasteiger charge is 1.97. The van der Waals surface area contributed by atoms with Crippen LogP contribution in [0.25, 0.3) is 0 Å². The Morgan fingerprint density at radius 2 is 1.89 bits per heavy atom. The molecule has 0 amide bonds. The number of aliphatic imine (C=N–C) groups is 1. The fraction of sp³-hybridized carbons (Fsp3) is 0.0714. The second kappa shape index (κ2) is 5.69. The van der Waals surface area contributed by atoms with Crippen LogP contribution in [-0.2, 0) is 0 Å². The lowest BCUT2D eigenvalue weighted by Crippen LogP contribution is -1.82. The fourth-order valence-electron chi connectivity index (χ4n) is 1.42. The van der Waals surface area contributed by atoms with Crippen molar-refractivity contribution in [2.75, 3.05) is 7.11 Å². The summed E-state index contributed by atoms with van der Waals surface area (Å²) in [7, 11) is 1.63. The van der Waals surface area contributed by atoms with E-state index in [-0.39, 0.29) is 5.75 Å². The van der Waals surface area contributed by atoms with E-state index in [4.69, 9.17) is 4.74 Å². The number of phenolic OH excluding ortho intramolecular Hbond substituents is 1. The molecule has 0 heterocycles. The molecule has 0 saturated carbocycles. The van der Waals surface area contributed by atoms with Gasteiger partial charge < -0.3 is 9.84 Å². The smallest absolute Gasteiger partial charge is 0.129 e. The van der Waals surface area contributed by atoms with Crippen LogP contribution in [0.1, 0.15) is 5.56 Å². The molecule has 0 radical (unpaired) electrons. The molecule has 2 aromatic carbocycles. The van der Waals surface area contributed by atoms with Crippen molar-refractivity contribution in [2.45, 2.75) is 0 Å². The van der Waals surface area contributed by atoms with E-state index in [0.717, 1.165) is 17.0 Å². The van der Waals surface area contributed by atoms with Gasteiger partial charge in [-0.25, -0.2) is 0 Å². The first-order chi connectivity index (χ1) is 8.69. The number of benzene rings is 2. The zero-order valence-corrected chi connectivity index (χ0v) is 11.4. The third kappa shape index (κ3) is 3.11. The van der Waals surface area contributed by atoms with Crippen LogP contribution in [0.4, 0.5) is 5.69 Å². The summed E-state index contributed by atoms with van der Waals surface area (Å²) >= 11 is 3.26. The Bertz CT molecular complexity index is 565. The van der Waals surface area contributed by atoms with E-state index in [2.05, 4.69) is 20.9 Å². The first kappa shape index (κ1) is 12.6. The molecule has 0 unspecified atom stereocenters. The van der Waals surface area contributed by atoms with E-state index in [1.165, 1.54) is 0 Å². The number of aromatic hydroxyl groups is 1. The molecule has 4 heteroatoms. The molecule has 2 aromatic rings. The summed E-state index contributed by atoms with van der Waals surface area (Å²) in [6.07, 6.45) is 1.74. The Kier molecular flexibility index (Phi) is 3.99. The number of phenols is 1. The van der Waals surface area contributed by atoms with Gasteiger partial charge in [-0.05, 0) is 64.0 Å². The molecule has 18 heavy (non-hydrogen) atoms. The van der Waals surface area contributed by atoms with Crippen LogP contribution in [0, 0.1) is 0 Å². The Morgan fingerprint density at radius 1 is 1.17 bits per heavy atom. The summed E-state index contributed by atoms with van der Waals surface area (Å²) in [5.74, 6) is 1.03. The van der Waals surface area contributed by atoms with Gasteiger partial charge in [-0.3, -0.25) is 4.99 Å². The van der Waals surface area contributed by atoms with Crippen LogP contribution in [0.3, 0.4) is 0 Å². The second-order valence-corrected chi connectivity index (χ2v) is 4.52. The van der Waals surface area contributed by atoms with E-state index >= 15 is 0 Å². The molecule has 0 fully saturated rings. The van der Waals surface area contributed by atoms with Gasteiger partial charge in [-0.15, -0.1) is 0 Å². The summed E-state index contributed by atoms with van der Waals surface area (Å²) in [5.41, 5.74) is 1.76. The highest BCUT2D eigenvalue weighted by Crippen LogP contribution is 2.24. The molecule has 0 bridgehead atoms. The third-order valence-corrected chi connectivity index (χ3v) is 3.04. The molecular formula is C14H12BrNO2. The van der Waals surface area contributed by atoms with Crippen LogP contribution in [0.5, 0.6) is 11.5 Å². The topological polar surface area (TPSA) is 41.8 Å². The van der Waals surface area contributed by atoms with Crippen molar-refractivity contribution in [1.29, 1.82) is 0 Å². The lowest BCUT2D eigenvalue weighted by atomic mass is 10.2. The average molecular weight is 306 g/mol. The molecule has 0 aliphatic heterocycles. The first-order valence-corrected chi connectivity index (χ1v) is 6.15. The predicted octanol–water partition coefficient (Wildman–Crippen LogP) is 3.91. The third-order valence-electron chi connectivity index (χ3n) is 2.41. The van der Waals surface area contributed by atoms with Crippen molar-refractivity contribution in [1.82, 2.24) is 0 Å². The number of halogens is 1. The van der Waals surface area contributed by atoms with Crippen LogP contribution in [0.2, 0.25) is 0 Å². The number of methoxy groups -OCH3 is 1. The monoisotopic (exact) mass is 305 g/mol. The number of rotatable bonds is 3. The van der Waals surface area contributed by atoms with Gasteiger partial charge in [0.2, 0.25) is 0 Å². The fourth-order valence-corrected chi connectivity index (χ4v) is 1.82. The Hall–Kier alpha value is -1.81. The SMILES string of the molecule is COc1ccc(N=Cc2ccc(O)c(Br)c2)cc1. The standard InChI is InChI=1S/C14H12BrNO2/c1-18-12-5-3-11(4-6-12)16-9-10-2-7-14(17)13(15)8-10/h2-9,17H,1H3. The molecule has 0 aliphatic carbocycles. The Labute approximate surface area is 114 Å². The lowest BCUT2D eigenvalue weighted by molar-refractivity contribution is 0.415. The maximum Gasteiger partial charge on any atom is 0.129 e. The van der Waals surface area contributed by atoms with Gasteiger partial charge in [0.1, 0.15) is 11.5 Å². The maximum absolute atomic E-state index is 9.38. The lowest BCUT2D eigenvalue weighted by Gasteiger charge is -2.00. The summed E-state index contributed by atoms with van der Waals surface area (Å²) in [6.45, 7) is 0. The Morgan fingerprint density at radius 3 is 2.50 bits per heavy atom. The van der Waals surface area contributed by atoms with Crippen molar-refractivity contribution in [3.05, 3.63) is 52.5 Å². The second-order valence-electron chi connectivity index (χ2n) is 3.67. The van der Waals surface area contributed by atoms with Crippen molar-refractivity contribution < 1.29 is 9.84 Å². The van der Waals surface area contributed by atoms with Crippen LogP contribution >= 0.6 is 15.9 Å².